The molecule has 22 heavy (non-hydrogen) atoms. The molecule has 0 fully saturated rings. The van der Waals surface area contributed by atoms with Crippen molar-refractivity contribution in [3.05, 3.63) is 76.4 Å². The Morgan fingerprint density at radius 2 is 1.73 bits per heavy atom. The summed E-state index contributed by atoms with van der Waals surface area (Å²) in [7, 11) is 0. The Hall–Kier alpha value is -2.39. The number of para-hydroxylation sites is 1. The van der Waals surface area contributed by atoms with Crippen LogP contribution in [0, 0.1) is 0 Å². The van der Waals surface area contributed by atoms with Gasteiger partial charge in [-0.1, -0.05) is 65.9 Å². The van der Waals surface area contributed by atoms with E-state index in [-0.39, 0.29) is 0 Å². The third-order valence-electron chi connectivity index (χ3n) is 3.83. The highest BCUT2D eigenvalue weighted by Crippen LogP contribution is 2.34. The highest BCUT2D eigenvalue weighted by Gasteiger charge is 2.16. The molecule has 4 rings (SSSR count). The zero-order valence-electron chi connectivity index (χ0n) is 12.1. The lowest BCUT2D eigenvalue weighted by Gasteiger charge is -2.05. The molecule has 3 aromatic rings. The standard InChI is InChI=1S/C19H16N2S/c1-2-6-14(7-3-1)10-13-18-20-17-12-11-15-8-4-5-9-16(15)21-19(17)22-18/h1-10,13,21H,11-12H2/b13-10+. The lowest BCUT2D eigenvalue weighted by molar-refractivity contribution is 0.939. The fourth-order valence-corrected chi connectivity index (χ4v) is 3.60. The number of fused-ring (bicyclic) bond motifs is 2. The van der Waals surface area contributed by atoms with Gasteiger partial charge in [-0.2, -0.15) is 0 Å². The first kappa shape index (κ1) is 13.3. The predicted octanol–water partition coefficient (Wildman–Crippen LogP) is 5.16. The number of hydrogen-bond acceptors (Lipinski definition) is 3. The van der Waals surface area contributed by atoms with Crippen LogP contribution in [0.4, 0.5) is 10.7 Å². The number of nitrogens with zero attached hydrogens (tertiary/aromatic N) is 1. The van der Waals surface area contributed by atoms with E-state index in [1.54, 1.807) is 11.3 Å². The minimum Gasteiger partial charge on any atom is -0.345 e. The second-order valence-electron chi connectivity index (χ2n) is 5.35. The van der Waals surface area contributed by atoms with Crippen LogP contribution in [-0.4, -0.2) is 4.98 Å². The molecule has 0 saturated heterocycles. The second-order valence-corrected chi connectivity index (χ2v) is 6.38. The van der Waals surface area contributed by atoms with Crippen molar-refractivity contribution in [2.24, 2.45) is 0 Å². The lowest BCUT2D eigenvalue weighted by Crippen LogP contribution is -1.90. The minimum atomic E-state index is 0.995. The Morgan fingerprint density at radius 1 is 0.909 bits per heavy atom. The van der Waals surface area contributed by atoms with Gasteiger partial charge in [0.1, 0.15) is 10.0 Å². The Morgan fingerprint density at radius 3 is 2.64 bits per heavy atom. The van der Waals surface area contributed by atoms with E-state index in [0.717, 1.165) is 17.8 Å². The quantitative estimate of drug-likeness (QED) is 0.707. The molecule has 0 radical (unpaired) electrons. The Balaban J connectivity index is 1.61. The number of aryl methyl sites for hydroxylation is 2. The Bertz CT molecular complexity index is 818. The van der Waals surface area contributed by atoms with Crippen LogP contribution in [0.2, 0.25) is 0 Å². The summed E-state index contributed by atoms with van der Waals surface area (Å²) in [4.78, 5) is 4.78. The van der Waals surface area contributed by atoms with Gasteiger partial charge in [-0.05, 0) is 36.1 Å². The molecule has 0 atom stereocenters. The molecule has 108 valence electrons. The summed E-state index contributed by atoms with van der Waals surface area (Å²) in [5.74, 6) is 0. The molecule has 2 heterocycles. The molecule has 0 spiro atoms. The van der Waals surface area contributed by atoms with E-state index < -0.39 is 0 Å². The summed E-state index contributed by atoms with van der Waals surface area (Å²) in [5.41, 5.74) is 4.96. The fourth-order valence-electron chi connectivity index (χ4n) is 2.68. The molecular formula is C19H16N2S. The maximum Gasteiger partial charge on any atom is 0.118 e. The van der Waals surface area contributed by atoms with Gasteiger partial charge in [0.15, 0.2) is 0 Å². The number of anilines is 2. The molecular weight excluding hydrogens is 288 g/mol. The zero-order chi connectivity index (χ0) is 14.8. The molecule has 1 aliphatic heterocycles. The van der Waals surface area contributed by atoms with Crippen LogP contribution in [0.5, 0.6) is 0 Å². The maximum absolute atomic E-state index is 4.78. The highest BCUT2D eigenvalue weighted by atomic mass is 32.1. The lowest BCUT2D eigenvalue weighted by atomic mass is 10.1. The van der Waals surface area contributed by atoms with Crippen LogP contribution >= 0.6 is 11.3 Å². The van der Waals surface area contributed by atoms with Crippen LogP contribution in [0.1, 0.15) is 21.8 Å². The first-order chi connectivity index (χ1) is 10.9. The van der Waals surface area contributed by atoms with Gasteiger partial charge in [0.25, 0.3) is 0 Å². The van der Waals surface area contributed by atoms with Crippen LogP contribution in [0.3, 0.4) is 0 Å². The summed E-state index contributed by atoms with van der Waals surface area (Å²) >= 11 is 1.72. The van der Waals surface area contributed by atoms with Crippen molar-refractivity contribution in [1.29, 1.82) is 0 Å². The van der Waals surface area contributed by atoms with E-state index in [1.807, 2.05) is 6.07 Å². The van der Waals surface area contributed by atoms with Gasteiger partial charge in [0.05, 0.1) is 5.69 Å². The van der Waals surface area contributed by atoms with E-state index in [4.69, 9.17) is 4.98 Å². The summed E-state index contributed by atoms with van der Waals surface area (Å²) < 4.78 is 0. The molecule has 3 heteroatoms. The summed E-state index contributed by atoms with van der Waals surface area (Å²) in [6.07, 6.45) is 6.26. The van der Waals surface area contributed by atoms with E-state index in [9.17, 15) is 0 Å². The van der Waals surface area contributed by atoms with E-state index in [0.29, 0.717) is 0 Å². The molecule has 1 aromatic heterocycles. The van der Waals surface area contributed by atoms with Crippen molar-refractivity contribution < 1.29 is 0 Å². The number of nitrogens with one attached hydrogen (secondary N) is 1. The van der Waals surface area contributed by atoms with E-state index in [1.165, 1.54) is 27.5 Å². The van der Waals surface area contributed by atoms with Crippen molar-refractivity contribution >= 4 is 34.2 Å². The molecule has 0 saturated carbocycles. The summed E-state index contributed by atoms with van der Waals surface area (Å²) in [6, 6.07) is 18.8. The molecule has 2 aromatic carbocycles. The van der Waals surface area contributed by atoms with Crippen molar-refractivity contribution in [2.75, 3.05) is 5.32 Å². The van der Waals surface area contributed by atoms with Crippen LogP contribution in [0.15, 0.2) is 54.6 Å². The Labute approximate surface area is 134 Å². The van der Waals surface area contributed by atoms with Crippen LogP contribution in [0.25, 0.3) is 12.2 Å². The van der Waals surface area contributed by atoms with Crippen molar-refractivity contribution in [3.63, 3.8) is 0 Å². The van der Waals surface area contributed by atoms with Crippen molar-refractivity contribution in [2.45, 2.75) is 12.8 Å². The topological polar surface area (TPSA) is 24.9 Å². The molecule has 0 bridgehead atoms. The molecule has 1 N–H and O–H groups in total. The van der Waals surface area contributed by atoms with Gasteiger partial charge in [0, 0.05) is 5.69 Å². The number of aromatic nitrogens is 1. The van der Waals surface area contributed by atoms with Crippen LogP contribution in [-0.2, 0) is 12.8 Å². The molecule has 0 aliphatic carbocycles. The summed E-state index contributed by atoms with van der Waals surface area (Å²) in [5, 5.41) is 5.78. The van der Waals surface area contributed by atoms with Gasteiger partial charge >= 0.3 is 0 Å². The number of rotatable bonds is 2. The Kier molecular flexibility index (Phi) is 3.49. The zero-order valence-corrected chi connectivity index (χ0v) is 12.9. The van der Waals surface area contributed by atoms with Crippen molar-refractivity contribution in [3.8, 4) is 0 Å². The molecule has 0 unspecified atom stereocenters. The average Bonchev–Trinajstić information content (AvgIpc) is 2.87. The van der Waals surface area contributed by atoms with Gasteiger partial charge < -0.3 is 5.32 Å². The normalized spacial score (nSPS) is 13.3. The predicted molar refractivity (Wildman–Crippen MR) is 94.6 cm³/mol. The largest absolute Gasteiger partial charge is 0.345 e. The number of hydrogen-bond donors (Lipinski definition) is 1. The average molecular weight is 304 g/mol. The molecule has 1 aliphatic rings. The van der Waals surface area contributed by atoms with Crippen LogP contribution < -0.4 is 5.32 Å². The smallest absolute Gasteiger partial charge is 0.118 e. The van der Waals surface area contributed by atoms with Gasteiger partial charge in [-0.15, -0.1) is 0 Å². The van der Waals surface area contributed by atoms with Gasteiger partial charge in [0.2, 0.25) is 0 Å². The second kappa shape index (κ2) is 5.78. The SMILES string of the molecule is C(=C\c1nc2c(s1)Nc1ccccc1CC2)/c1ccccc1. The fraction of sp³-hybridized carbons (Fsp3) is 0.105. The first-order valence-corrected chi connectivity index (χ1v) is 8.28. The van der Waals surface area contributed by atoms with Crippen molar-refractivity contribution in [1.82, 2.24) is 4.98 Å². The molecule has 0 amide bonds. The van der Waals surface area contributed by atoms with Gasteiger partial charge in [-0.25, -0.2) is 4.98 Å². The third kappa shape index (κ3) is 2.68. The summed E-state index contributed by atoms with van der Waals surface area (Å²) in [6.45, 7) is 0. The maximum atomic E-state index is 4.78. The third-order valence-corrected chi connectivity index (χ3v) is 4.81. The number of thiazole rings is 1. The van der Waals surface area contributed by atoms with E-state index >= 15 is 0 Å². The van der Waals surface area contributed by atoms with E-state index in [2.05, 4.69) is 66.0 Å². The molecule has 2 nitrogen and oxygen atoms in total. The van der Waals surface area contributed by atoms with Gasteiger partial charge in [-0.3, -0.25) is 0 Å². The minimum absolute atomic E-state index is 0.995. The monoisotopic (exact) mass is 304 g/mol. The number of benzene rings is 2. The highest BCUT2D eigenvalue weighted by molar-refractivity contribution is 7.16. The first-order valence-electron chi connectivity index (χ1n) is 7.46.